The predicted octanol–water partition coefficient (Wildman–Crippen LogP) is 5.74. The van der Waals surface area contributed by atoms with Crippen molar-refractivity contribution in [2.45, 2.75) is 105 Å². The average molecular weight is 468 g/mol. The molecule has 2 saturated carbocycles. The van der Waals surface area contributed by atoms with Gasteiger partial charge in [0.25, 0.3) is 0 Å². The van der Waals surface area contributed by atoms with Crippen LogP contribution in [0.15, 0.2) is 0 Å². The number of hydrogen-bond acceptors (Lipinski definition) is 4. The van der Waals surface area contributed by atoms with Crippen molar-refractivity contribution in [2.75, 3.05) is 47.3 Å². The third-order valence-electron chi connectivity index (χ3n) is 8.72. The molecule has 1 saturated heterocycles. The van der Waals surface area contributed by atoms with Gasteiger partial charge in [-0.25, -0.2) is 0 Å². The van der Waals surface area contributed by atoms with Crippen LogP contribution in [0.5, 0.6) is 0 Å². The van der Waals surface area contributed by atoms with Gasteiger partial charge in [0.15, 0.2) is 0 Å². The van der Waals surface area contributed by atoms with Gasteiger partial charge in [-0.3, -0.25) is 4.79 Å². The van der Waals surface area contributed by atoms with Gasteiger partial charge in [0.1, 0.15) is 6.04 Å². The lowest BCUT2D eigenvalue weighted by molar-refractivity contribution is -0.139. The molecule has 5 nitrogen and oxygen atoms in total. The van der Waals surface area contributed by atoms with Gasteiger partial charge in [0, 0.05) is 6.54 Å². The summed E-state index contributed by atoms with van der Waals surface area (Å²) < 4.78 is 0. The molecule has 1 heterocycles. The number of rotatable bonds is 10. The molecule has 33 heavy (non-hydrogen) atoms. The van der Waals surface area contributed by atoms with Crippen LogP contribution >= 0.6 is 0 Å². The molecular formula is C28H57N3O2. The smallest absolute Gasteiger partial charge is 0.320 e. The highest BCUT2D eigenvalue weighted by Crippen LogP contribution is 2.53. The lowest BCUT2D eigenvalue weighted by Crippen LogP contribution is -2.48. The highest BCUT2D eigenvalue weighted by atomic mass is 16.4. The van der Waals surface area contributed by atoms with E-state index in [-0.39, 0.29) is 0 Å². The predicted molar refractivity (Wildman–Crippen MR) is 142 cm³/mol. The second kappa shape index (κ2) is 14.7. The molecule has 2 aliphatic carbocycles. The summed E-state index contributed by atoms with van der Waals surface area (Å²) in [7, 11) is 6.07. The van der Waals surface area contributed by atoms with Crippen LogP contribution in [0.4, 0.5) is 0 Å². The summed E-state index contributed by atoms with van der Waals surface area (Å²) in [5.74, 6) is 1.24. The maximum Gasteiger partial charge on any atom is 0.320 e. The van der Waals surface area contributed by atoms with Gasteiger partial charge >= 0.3 is 5.97 Å². The van der Waals surface area contributed by atoms with Crippen molar-refractivity contribution in [2.24, 2.45) is 22.7 Å². The summed E-state index contributed by atoms with van der Waals surface area (Å²) in [5, 5.41) is 11.9. The number of carboxylic acid groups (broad SMARTS) is 1. The Bertz CT molecular complexity index is 529. The summed E-state index contributed by atoms with van der Waals surface area (Å²) in [4.78, 5) is 15.7. The Morgan fingerprint density at radius 2 is 1.70 bits per heavy atom. The molecule has 3 rings (SSSR count). The first-order valence-corrected chi connectivity index (χ1v) is 13.9. The summed E-state index contributed by atoms with van der Waals surface area (Å²) in [5.41, 5.74) is 1.38. The van der Waals surface area contributed by atoms with Crippen LogP contribution in [0, 0.1) is 22.7 Å². The number of nitrogens with one attached hydrogen (secondary N) is 1. The van der Waals surface area contributed by atoms with Crippen molar-refractivity contribution in [3.05, 3.63) is 0 Å². The molecule has 5 heteroatoms. The van der Waals surface area contributed by atoms with Crippen molar-refractivity contribution >= 4 is 5.97 Å². The molecule has 1 aliphatic heterocycles. The first-order chi connectivity index (χ1) is 15.7. The number of likely N-dealkylation sites (tertiary alicyclic amines) is 1. The third-order valence-corrected chi connectivity index (χ3v) is 8.72. The molecular weight excluding hydrogens is 410 g/mol. The maximum absolute atomic E-state index is 10.9. The number of carbonyl (C=O) groups is 1. The molecule has 0 aromatic rings. The van der Waals surface area contributed by atoms with E-state index >= 15 is 0 Å². The Morgan fingerprint density at radius 3 is 2.09 bits per heavy atom. The van der Waals surface area contributed by atoms with E-state index < -0.39 is 12.0 Å². The fraction of sp³-hybridized carbons (Fsp3) is 0.964. The molecule has 1 atom stereocenters. The fourth-order valence-corrected chi connectivity index (χ4v) is 6.36. The first-order valence-electron chi connectivity index (χ1n) is 13.9. The van der Waals surface area contributed by atoms with Crippen LogP contribution in [-0.2, 0) is 4.79 Å². The van der Waals surface area contributed by atoms with E-state index in [0.29, 0.717) is 11.8 Å². The Labute approximate surface area is 206 Å². The second-order valence-corrected chi connectivity index (χ2v) is 11.4. The topological polar surface area (TPSA) is 55.8 Å². The van der Waals surface area contributed by atoms with E-state index in [0.717, 1.165) is 36.9 Å². The van der Waals surface area contributed by atoms with Crippen LogP contribution in [0.25, 0.3) is 0 Å². The van der Waals surface area contributed by atoms with Gasteiger partial charge in [0.2, 0.25) is 0 Å². The van der Waals surface area contributed by atoms with Crippen molar-refractivity contribution < 1.29 is 9.90 Å². The minimum atomic E-state index is -0.735. The molecule has 0 bridgehead atoms. The molecule has 0 amide bonds. The molecule has 0 radical (unpaired) electrons. The summed E-state index contributed by atoms with van der Waals surface area (Å²) in [6.45, 7) is 15.5. The van der Waals surface area contributed by atoms with Crippen molar-refractivity contribution in [3.63, 3.8) is 0 Å². The van der Waals surface area contributed by atoms with Gasteiger partial charge in [-0.05, 0) is 115 Å². The molecule has 1 spiro atoms. The summed E-state index contributed by atoms with van der Waals surface area (Å²) in [6, 6.07) is -0.399. The third kappa shape index (κ3) is 9.49. The fourth-order valence-electron chi connectivity index (χ4n) is 6.36. The maximum atomic E-state index is 10.9. The van der Waals surface area contributed by atoms with E-state index in [1.165, 1.54) is 64.3 Å². The normalized spacial score (nSPS) is 27.5. The van der Waals surface area contributed by atoms with E-state index in [2.05, 4.69) is 50.0 Å². The minimum Gasteiger partial charge on any atom is -0.480 e. The SMILES string of the molecule is CC.CCC1(CCN(C)C)CC(C)C1.CCC1CC2(CCN(CCC(NC)C(=O)O)CC2)C1. The van der Waals surface area contributed by atoms with E-state index in [1.807, 2.05) is 13.8 Å². The van der Waals surface area contributed by atoms with Gasteiger partial charge in [-0.15, -0.1) is 0 Å². The molecule has 0 aromatic heterocycles. The molecule has 3 aliphatic rings. The van der Waals surface area contributed by atoms with E-state index in [4.69, 9.17) is 5.11 Å². The monoisotopic (exact) mass is 467 g/mol. The summed E-state index contributed by atoms with van der Waals surface area (Å²) >= 11 is 0. The average Bonchev–Trinajstić information content (AvgIpc) is 2.76. The van der Waals surface area contributed by atoms with E-state index in [9.17, 15) is 4.79 Å². The number of piperidine rings is 1. The number of aliphatic carboxylic acids is 1. The largest absolute Gasteiger partial charge is 0.480 e. The van der Waals surface area contributed by atoms with Crippen LogP contribution in [0.3, 0.4) is 0 Å². The zero-order valence-corrected chi connectivity index (χ0v) is 23.4. The van der Waals surface area contributed by atoms with Gasteiger partial charge in [-0.2, -0.15) is 0 Å². The highest BCUT2D eigenvalue weighted by molar-refractivity contribution is 5.73. The molecule has 3 fully saturated rings. The lowest BCUT2D eigenvalue weighted by Gasteiger charge is -2.52. The Kier molecular flexibility index (Phi) is 13.5. The number of likely N-dealkylation sites (N-methyl/N-ethyl adjacent to an activating group) is 1. The quantitative estimate of drug-likeness (QED) is 0.429. The zero-order valence-electron chi connectivity index (χ0n) is 23.4. The first kappa shape index (κ1) is 30.4. The Balaban J connectivity index is 0.000000335. The molecule has 1 unspecified atom stereocenters. The Hall–Kier alpha value is -0.650. The van der Waals surface area contributed by atoms with Crippen molar-refractivity contribution in [3.8, 4) is 0 Å². The van der Waals surface area contributed by atoms with Crippen molar-refractivity contribution in [1.82, 2.24) is 15.1 Å². The highest BCUT2D eigenvalue weighted by Gasteiger charge is 2.44. The van der Waals surface area contributed by atoms with Gasteiger partial charge in [0.05, 0.1) is 0 Å². The second-order valence-electron chi connectivity index (χ2n) is 11.4. The number of hydrogen-bond donors (Lipinski definition) is 2. The van der Waals surface area contributed by atoms with Gasteiger partial charge in [-0.1, -0.05) is 47.5 Å². The standard InChI is InChI=1S/C15H28N2O2.C11H23N.C2H6/c1-3-12-10-15(11-12)5-8-17(9-6-15)7-4-13(16-2)14(18)19;1-5-11(6-7-12(3)4)8-10(2)9-11;1-2/h12-13,16H,3-11H2,1-2H3,(H,18,19);10H,5-9H2,1-4H3;1-2H3. The van der Waals surface area contributed by atoms with Crippen LogP contribution in [-0.4, -0.2) is 74.2 Å². The number of carboxylic acids is 1. The summed E-state index contributed by atoms with van der Waals surface area (Å²) in [6.07, 6.45) is 13.3. The van der Waals surface area contributed by atoms with Crippen LogP contribution < -0.4 is 5.32 Å². The lowest BCUT2D eigenvalue weighted by atomic mass is 9.57. The van der Waals surface area contributed by atoms with Crippen molar-refractivity contribution in [1.29, 1.82) is 0 Å². The molecule has 0 aromatic carbocycles. The molecule has 196 valence electrons. The minimum absolute atomic E-state index is 0.399. The molecule has 2 N–H and O–H groups in total. The van der Waals surface area contributed by atoms with E-state index in [1.54, 1.807) is 7.05 Å². The van der Waals surface area contributed by atoms with Crippen LogP contribution in [0.2, 0.25) is 0 Å². The van der Waals surface area contributed by atoms with Crippen LogP contribution in [0.1, 0.15) is 98.8 Å². The number of nitrogens with zero attached hydrogens (tertiary/aromatic N) is 2. The zero-order chi connectivity index (χ0) is 25.1. The van der Waals surface area contributed by atoms with Gasteiger partial charge < -0.3 is 20.2 Å². The Morgan fingerprint density at radius 1 is 1.12 bits per heavy atom.